The molecule has 1 aromatic heterocycles. The minimum absolute atomic E-state index is 0.0776. The van der Waals surface area contributed by atoms with Crippen LogP contribution in [0.25, 0.3) is 11.8 Å². The lowest BCUT2D eigenvalue weighted by molar-refractivity contribution is 0.181. The van der Waals surface area contributed by atoms with E-state index in [1.54, 1.807) is 16.8 Å². The van der Waals surface area contributed by atoms with Crippen LogP contribution in [0.15, 0.2) is 47.4 Å². The van der Waals surface area contributed by atoms with Crippen molar-refractivity contribution in [2.24, 2.45) is 0 Å². The Hall–Kier alpha value is -2.17. The van der Waals surface area contributed by atoms with E-state index in [-0.39, 0.29) is 5.56 Å². The lowest BCUT2D eigenvalue weighted by Crippen LogP contribution is -2.20. The summed E-state index contributed by atoms with van der Waals surface area (Å²) in [7, 11) is 1.90. The highest BCUT2D eigenvalue weighted by Gasteiger charge is 2.20. The lowest BCUT2D eigenvalue weighted by atomic mass is 9.91. The van der Waals surface area contributed by atoms with Crippen molar-refractivity contribution in [1.82, 2.24) is 9.88 Å². The van der Waals surface area contributed by atoms with Gasteiger partial charge in [0.15, 0.2) is 0 Å². The van der Waals surface area contributed by atoms with Crippen molar-refractivity contribution in [3.8, 4) is 0 Å². The first kappa shape index (κ1) is 13.8. The minimum Gasteiger partial charge on any atom is -0.388 e. The lowest BCUT2D eigenvalue weighted by Gasteiger charge is -2.23. The number of nitrogens with one attached hydrogen (secondary N) is 1. The summed E-state index contributed by atoms with van der Waals surface area (Å²) in [5, 5.41) is 13.5. The van der Waals surface area contributed by atoms with E-state index in [1.165, 1.54) is 6.07 Å². The van der Waals surface area contributed by atoms with E-state index >= 15 is 0 Å². The second-order valence-corrected chi connectivity index (χ2v) is 5.26. The predicted molar refractivity (Wildman–Crippen MR) is 83.7 cm³/mol. The van der Waals surface area contributed by atoms with Crippen LogP contribution in [0.5, 0.6) is 0 Å². The molecule has 0 saturated carbocycles. The molecule has 1 atom stereocenters. The SMILES string of the molecule is CNCc1ccc2c(c1)C(O)CC(n1ccccc1=O)=C2. The van der Waals surface area contributed by atoms with E-state index in [0.29, 0.717) is 6.42 Å². The Labute approximate surface area is 123 Å². The maximum absolute atomic E-state index is 11.9. The first-order chi connectivity index (χ1) is 10.2. The van der Waals surface area contributed by atoms with Crippen LogP contribution in [0.2, 0.25) is 0 Å². The van der Waals surface area contributed by atoms with Crippen LogP contribution in [0.1, 0.15) is 29.2 Å². The Morgan fingerprint density at radius 2 is 2.19 bits per heavy atom. The number of fused-ring (bicyclic) bond motifs is 1. The van der Waals surface area contributed by atoms with Gasteiger partial charge in [0, 0.05) is 30.9 Å². The Balaban J connectivity index is 2.05. The summed E-state index contributed by atoms with van der Waals surface area (Å²) in [5.74, 6) is 0. The number of aliphatic hydroxyl groups is 1. The Bertz CT molecular complexity index is 746. The summed E-state index contributed by atoms with van der Waals surface area (Å²) >= 11 is 0. The van der Waals surface area contributed by atoms with Crippen LogP contribution >= 0.6 is 0 Å². The van der Waals surface area contributed by atoms with E-state index in [4.69, 9.17) is 0 Å². The molecule has 4 heteroatoms. The number of pyridine rings is 1. The van der Waals surface area contributed by atoms with Gasteiger partial charge in [0.25, 0.3) is 5.56 Å². The normalized spacial score (nSPS) is 17.2. The molecule has 0 radical (unpaired) electrons. The standard InChI is InChI=1S/C17H18N2O2/c1-18-11-12-5-6-13-9-14(10-16(20)15(13)8-12)19-7-3-2-4-17(19)21/h2-9,16,18,20H,10-11H2,1H3. The van der Waals surface area contributed by atoms with Crippen LogP contribution < -0.4 is 10.9 Å². The van der Waals surface area contributed by atoms with Gasteiger partial charge in [-0.25, -0.2) is 0 Å². The van der Waals surface area contributed by atoms with Crippen LogP contribution in [0.3, 0.4) is 0 Å². The van der Waals surface area contributed by atoms with Crippen molar-refractivity contribution < 1.29 is 5.11 Å². The van der Waals surface area contributed by atoms with E-state index < -0.39 is 6.10 Å². The van der Waals surface area contributed by atoms with E-state index in [9.17, 15) is 9.90 Å². The van der Waals surface area contributed by atoms with Gasteiger partial charge in [0.05, 0.1) is 6.10 Å². The van der Waals surface area contributed by atoms with Gasteiger partial charge in [-0.2, -0.15) is 0 Å². The van der Waals surface area contributed by atoms with Gasteiger partial charge in [-0.15, -0.1) is 0 Å². The quantitative estimate of drug-likeness (QED) is 0.905. The summed E-state index contributed by atoms with van der Waals surface area (Å²) in [6.45, 7) is 0.773. The molecule has 2 aromatic rings. The Morgan fingerprint density at radius 1 is 1.33 bits per heavy atom. The molecule has 0 bridgehead atoms. The van der Waals surface area contributed by atoms with Crippen LogP contribution in [0.4, 0.5) is 0 Å². The van der Waals surface area contributed by atoms with E-state index in [2.05, 4.69) is 5.32 Å². The second kappa shape index (κ2) is 5.68. The number of hydrogen-bond acceptors (Lipinski definition) is 3. The largest absolute Gasteiger partial charge is 0.388 e. The molecule has 108 valence electrons. The molecule has 1 aliphatic carbocycles. The minimum atomic E-state index is -0.580. The third-order valence-electron chi connectivity index (χ3n) is 3.75. The van der Waals surface area contributed by atoms with Crippen LogP contribution in [0, 0.1) is 0 Å². The highest BCUT2D eigenvalue weighted by Crippen LogP contribution is 2.33. The number of benzene rings is 1. The fourth-order valence-electron chi connectivity index (χ4n) is 2.74. The molecule has 1 unspecified atom stereocenters. The molecule has 0 aliphatic heterocycles. The van der Waals surface area contributed by atoms with Gasteiger partial charge in [0.1, 0.15) is 0 Å². The van der Waals surface area contributed by atoms with Crippen molar-refractivity contribution in [1.29, 1.82) is 0 Å². The monoisotopic (exact) mass is 282 g/mol. The number of hydrogen-bond donors (Lipinski definition) is 2. The van der Waals surface area contributed by atoms with Gasteiger partial charge >= 0.3 is 0 Å². The highest BCUT2D eigenvalue weighted by atomic mass is 16.3. The summed E-state index contributed by atoms with van der Waals surface area (Å²) in [4.78, 5) is 11.9. The molecule has 1 aromatic carbocycles. The average Bonchev–Trinajstić information content (AvgIpc) is 2.48. The fourth-order valence-corrected chi connectivity index (χ4v) is 2.74. The molecular weight excluding hydrogens is 264 g/mol. The third-order valence-corrected chi connectivity index (χ3v) is 3.75. The van der Waals surface area contributed by atoms with Gasteiger partial charge in [0.2, 0.25) is 0 Å². The van der Waals surface area contributed by atoms with Gasteiger partial charge < -0.3 is 10.4 Å². The average molecular weight is 282 g/mol. The molecule has 0 fully saturated rings. The molecule has 0 saturated heterocycles. The highest BCUT2D eigenvalue weighted by molar-refractivity contribution is 5.76. The molecule has 21 heavy (non-hydrogen) atoms. The van der Waals surface area contributed by atoms with E-state index in [0.717, 1.165) is 28.9 Å². The van der Waals surface area contributed by atoms with Crippen LogP contribution in [-0.4, -0.2) is 16.7 Å². The Morgan fingerprint density at radius 3 is 2.95 bits per heavy atom. The first-order valence-corrected chi connectivity index (χ1v) is 7.03. The third kappa shape index (κ3) is 2.68. The fraction of sp³-hybridized carbons (Fsp3) is 0.235. The smallest absolute Gasteiger partial charge is 0.254 e. The molecule has 2 N–H and O–H groups in total. The van der Waals surface area contributed by atoms with Crippen LogP contribution in [-0.2, 0) is 6.54 Å². The molecule has 0 spiro atoms. The van der Waals surface area contributed by atoms with E-state index in [1.807, 2.05) is 37.4 Å². The second-order valence-electron chi connectivity index (χ2n) is 5.26. The number of aromatic nitrogens is 1. The summed E-state index contributed by atoms with van der Waals surface area (Å²) in [5.41, 5.74) is 3.78. The van der Waals surface area contributed by atoms with Crippen molar-refractivity contribution in [2.45, 2.75) is 19.1 Å². The number of rotatable bonds is 3. The predicted octanol–water partition coefficient (Wildman–Crippen LogP) is 2.00. The topological polar surface area (TPSA) is 54.3 Å². The summed E-state index contributed by atoms with van der Waals surface area (Å²) < 4.78 is 1.59. The zero-order valence-corrected chi connectivity index (χ0v) is 11.9. The maximum atomic E-state index is 11.9. The molecule has 4 nitrogen and oxygen atoms in total. The molecule has 0 amide bonds. The molecule has 1 heterocycles. The zero-order chi connectivity index (χ0) is 14.8. The van der Waals surface area contributed by atoms with Gasteiger partial charge in [-0.3, -0.25) is 9.36 Å². The Kier molecular flexibility index (Phi) is 3.73. The van der Waals surface area contributed by atoms with Crippen molar-refractivity contribution >= 4 is 11.8 Å². The van der Waals surface area contributed by atoms with Crippen molar-refractivity contribution in [3.63, 3.8) is 0 Å². The van der Waals surface area contributed by atoms with Crippen molar-refractivity contribution in [2.75, 3.05) is 7.05 Å². The molecule has 3 rings (SSSR count). The summed E-state index contributed by atoms with van der Waals surface area (Å²) in [6, 6.07) is 11.1. The maximum Gasteiger partial charge on any atom is 0.254 e. The number of nitrogens with zero attached hydrogens (tertiary/aromatic N) is 1. The van der Waals surface area contributed by atoms with Gasteiger partial charge in [-0.05, 0) is 35.9 Å². The zero-order valence-electron chi connectivity index (χ0n) is 11.9. The molecule has 1 aliphatic rings. The summed E-state index contributed by atoms with van der Waals surface area (Å²) in [6.07, 6.45) is 3.58. The van der Waals surface area contributed by atoms with Gasteiger partial charge in [-0.1, -0.05) is 24.3 Å². The molecular formula is C17H18N2O2. The number of aliphatic hydroxyl groups excluding tert-OH is 1. The van der Waals surface area contributed by atoms with Crippen molar-refractivity contribution in [3.05, 3.63) is 69.6 Å². The first-order valence-electron chi connectivity index (χ1n) is 7.03.